The van der Waals surface area contributed by atoms with Gasteiger partial charge in [0, 0.05) is 40.7 Å². The molecule has 0 saturated heterocycles. The van der Waals surface area contributed by atoms with E-state index in [1.165, 1.54) is 11.3 Å². The molecule has 152 valence electrons. The van der Waals surface area contributed by atoms with Crippen LogP contribution in [0.5, 0.6) is 0 Å². The minimum atomic E-state index is 0.500. The van der Waals surface area contributed by atoms with Crippen LogP contribution >= 0.6 is 11.3 Å². The largest absolute Gasteiger partial charge is 0.265 e. The maximum Gasteiger partial charge on any atom is 0.134 e. The minimum absolute atomic E-state index is 0.500. The van der Waals surface area contributed by atoms with Crippen molar-refractivity contribution in [2.45, 2.75) is 0 Å². The Kier molecular flexibility index (Phi) is 5.39. The molecule has 0 unspecified atom stereocenters. The summed E-state index contributed by atoms with van der Waals surface area (Å²) in [6, 6.07) is 26.1. The SMILES string of the molecule is N#C/C(=C/c1cn(-c2ccccc2)nc1-c1ccccc1)c1nc(-c2ccncc2)cs1. The van der Waals surface area contributed by atoms with Crippen molar-refractivity contribution >= 4 is 23.0 Å². The minimum Gasteiger partial charge on any atom is -0.265 e. The van der Waals surface area contributed by atoms with Crippen LogP contribution in [0, 0.1) is 11.3 Å². The number of hydrogen-bond acceptors (Lipinski definition) is 5. The van der Waals surface area contributed by atoms with E-state index in [1.54, 1.807) is 12.4 Å². The van der Waals surface area contributed by atoms with Gasteiger partial charge in [-0.1, -0.05) is 48.5 Å². The molecule has 3 heterocycles. The molecular weight excluding hydrogens is 414 g/mol. The number of thiazole rings is 1. The van der Waals surface area contributed by atoms with Gasteiger partial charge in [-0.3, -0.25) is 4.98 Å². The van der Waals surface area contributed by atoms with Gasteiger partial charge in [-0.15, -0.1) is 11.3 Å². The van der Waals surface area contributed by atoms with Crippen molar-refractivity contribution in [2.75, 3.05) is 0 Å². The second-order valence-corrected chi connectivity index (χ2v) is 7.88. The summed E-state index contributed by atoms with van der Waals surface area (Å²) in [5.74, 6) is 0. The first-order valence-corrected chi connectivity index (χ1v) is 10.9. The first kappa shape index (κ1) is 19.6. The summed E-state index contributed by atoms with van der Waals surface area (Å²) in [5.41, 5.74) is 5.92. The molecule has 5 rings (SSSR count). The number of pyridine rings is 1. The summed E-state index contributed by atoms with van der Waals surface area (Å²) in [6.07, 6.45) is 7.29. The Morgan fingerprint density at radius 3 is 2.34 bits per heavy atom. The molecule has 0 amide bonds. The zero-order chi connectivity index (χ0) is 21.8. The number of aromatic nitrogens is 4. The van der Waals surface area contributed by atoms with Crippen LogP contribution in [0.15, 0.2) is 96.8 Å². The molecule has 0 saturated carbocycles. The summed E-state index contributed by atoms with van der Waals surface area (Å²) in [6.45, 7) is 0. The lowest BCUT2D eigenvalue weighted by molar-refractivity contribution is 0.884. The van der Waals surface area contributed by atoms with E-state index in [9.17, 15) is 5.26 Å². The molecule has 0 N–H and O–H groups in total. The predicted octanol–water partition coefficient (Wildman–Crippen LogP) is 6.12. The van der Waals surface area contributed by atoms with Gasteiger partial charge in [-0.25, -0.2) is 9.67 Å². The number of benzene rings is 2. The van der Waals surface area contributed by atoms with Crippen molar-refractivity contribution in [3.8, 4) is 34.3 Å². The lowest BCUT2D eigenvalue weighted by atomic mass is 10.1. The highest BCUT2D eigenvalue weighted by Crippen LogP contribution is 2.30. The highest BCUT2D eigenvalue weighted by atomic mass is 32.1. The number of hydrogen-bond donors (Lipinski definition) is 0. The molecule has 0 spiro atoms. The molecular formula is C26H17N5S. The zero-order valence-electron chi connectivity index (χ0n) is 17.0. The van der Waals surface area contributed by atoms with E-state index in [1.807, 2.05) is 95.1 Å². The van der Waals surface area contributed by atoms with Gasteiger partial charge in [-0.05, 0) is 30.3 Å². The molecule has 0 bridgehead atoms. The molecule has 6 heteroatoms. The molecule has 5 nitrogen and oxygen atoms in total. The molecule has 0 fully saturated rings. The van der Waals surface area contributed by atoms with Crippen molar-refractivity contribution in [1.82, 2.24) is 19.7 Å². The lowest BCUT2D eigenvalue weighted by Crippen LogP contribution is -1.93. The summed E-state index contributed by atoms with van der Waals surface area (Å²) < 4.78 is 1.84. The third-order valence-electron chi connectivity index (χ3n) is 4.94. The Hall–Kier alpha value is -4.34. The zero-order valence-corrected chi connectivity index (χ0v) is 17.8. The van der Waals surface area contributed by atoms with Crippen LogP contribution in [-0.4, -0.2) is 19.7 Å². The van der Waals surface area contributed by atoms with Crippen LogP contribution in [0.25, 0.3) is 39.9 Å². The summed E-state index contributed by atoms with van der Waals surface area (Å²) in [7, 11) is 0. The van der Waals surface area contributed by atoms with Crippen LogP contribution in [-0.2, 0) is 0 Å². The second-order valence-electron chi connectivity index (χ2n) is 7.02. The van der Waals surface area contributed by atoms with Gasteiger partial charge in [0.2, 0.25) is 0 Å². The van der Waals surface area contributed by atoms with Gasteiger partial charge >= 0.3 is 0 Å². The first-order chi connectivity index (χ1) is 15.8. The molecule has 0 aliphatic heterocycles. The van der Waals surface area contributed by atoms with Gasteiger partial charge in [0.1, 0.15) is 11.1 Å². The van der Waals surface area contributed by atoms with E-state index < -0.39 is 0 Å². The average Bonchev–Trinajstić information content (AvgIpc) is 3.52. The van der Waals surface area contributed by atoms with Crippen molar-refractivity contribution in [3.05, 3.63) is 107 Å². The fourth-order valence-electron chi connectivity index (χ4n) is 3.38. The molecule has 0 aliphatic carbocycles. The average molecular weight is 432 g/mol. The summed E-state index contributed by atoms with van der Waals surface area (Å²) >= 11 is 1.45. The Balaban J connectivity index is 1.59. The van der Waals surface area contributed by atoms with Gasteiger partial charge in [0.05, 0.1) is 22.6 Å². The lowest BCUT2D eigenvalue weighted by Gasteiger charge is -2.00. The van der Waals surface area contributed by atoms with Gasteiger partial charge in [0.15, 0.2) is 0 Å². The highest BCUT2D eigenvalue weighted by Gasteiger charge is 2.14. The standard InChI is InChI=1S/C26H17N5S/c27-16-21(26-29-24(18-32-26)19-11-13-28-14-12-19)15-22-17-31(23-9-5-2-6-10-23)30-25(22)20-7-3-1-4-8-20/h1-15,17-18H/b21-15-. The van der Waals surface area contributed by atoms with E-state index in [0.29, 0.717) is 10.6 Å². The monoisotopic (exact) mass is 431 g/mol. The number of nitrogens with zero attached hydrogens (tertiary/aromatic N) is 5. The predicted molar refractivity (Wildman–Crippen MR) is 128 cm³/mol. The van der Waals surface area contributed by atoms with Crippen LogP contribution in [0.1, 0.15) is 10.6 Å². The fraction of sp³-hybridized carbons (Fsp3) is 0. The Morgan fingerprint density at radius 2 is 1.62 bits per heavy atom. The van der Waals surface area contributed by atoms with Gasteiger partial charge in [0.25, 0.3) is 0 Å². The molecule has 3 aromatic heterocycles. The fourth-order valence-corrected chi connectivity index (χ4v) is 4.17. The summed E-state index contributed by atoms with van der Waals surface area (Å²) in [5, 5.41) is 17.4. The number of para-hydroxylation sites is 1. The van der Waals surface area contributed by atoms with Crippen molar-refractivity contribution in [2.24, 2.45) is 0 Å². The Labute approximate surface area is 189 Å². The molecule has 0 aliphatic rings. The van der Waals surface area contributed by atoms with E-state index >= 15 is 0 Å². The molecule has 32 heavy (non-hydrogen) atoms. The number of allylic oxidation sites excluding steroid dienone is 1. The van der Waals surface area contributed by atoms with Crippen LogP contribution in [0.4, 0.5) is 0 Å². The normalized spacial score (nSPS) is 11.3. The van der Waals surface area contributed by atoms with E-state index in [2.05, 4.69) is 16.0 Å². The molecule has 0 radical (unpaired) electrons. The second kappa shape index (κ2) is 8.80. The van der Waals surface area contributed by atoms with E-state index in [-0.39, 0.29) is 0 Å². The third-order valence-corrected chi connectivity index (χ3v) is 5.82. The number of nitriles is 1. The van der Waals surface area contributed by atoms with Crippen LogP contribution in [0.3, 0.4) is 0 Å². The van der Waals surface area contributed by atoms with Crippen molar-refractivity contribution in [3.63, 3.8) is 0 Å². The van der Waals surface area contributed by atoms with Crippen molar-refractivity contribution in [1.29, 1.82) is 5.26 Å². The smallest absolute Gasteiger partial charge is 0.134 e. The highest BCUT2D eigenvalue weighted by molar-refractivity contribution is 7.11. The Bertz CT molecular complexity index is 1410. The van der Waals surface area contributed by atoms with Gasteiger partial charge < -0.3 is 0 Å². The van der Waals surface area contributed by atoms with Crippen LogP contribution in [0.2, 0.25) is 0 Å². The van der Waals surface area contributed by atoms with E-state index in [0.717, 1.165) is 33.8 Å². The van der Waals surface area contributed by atoms with Crippen LogP contribution < -0.4 is 0 Å². The van der Waals surface area contributed by atoms with Gasteiger partial charge in [-0.2, -0.15) is 10.4 Å². The number of rotatable bonds is 5. The van der Waals surface area contributed by atoms with Crippen molar-refractivity contribution < 1.29 is 0 Å². The Morgan fingerprint density at radius 1 is 0.906 bits per heavy atom. The topological polar surface area (TPSA) is 67.4 Å². The maximum atomic E-state index is 9.92. The third kappa shape index (κ3) is 3.97. The van der Waals surface area contributed by atoms with E-state index in [4.69, 9.17) is 5.10 Å². The molecule has 5 aromatic rings. The quantitative estimate of drug-likeness (QED) is 0.314. The summed E-state index contributed by atoms with van der Waals surface area (Å²) in [4.78, 5) is 8.74. The molecule has 2 aromatic carbocycles. The maximum absolute atomic E-state index is 9.92. The molecule has 0 atom stereocenters. The first-order valence-electron chi connectivity index (χ1n) is 10.0.